The zero-order valence-corrected chi connectivity index (χ0v) is 14.9. The largest absolute Gasteiger partial charge is 0.460 e. The van der Waals surface area contributed by atoms with Crippen LogP contribution in [0.2, 0.25) is 0 Å². The minimum Gasteiger partial charge on any atom is -0.460 e. The van der Waals surface area contributed by atoms with Gasteiger partial charge in [-0.15, -0.1) is 0 Å². The number of halogens is 3. The van der Waals surface area contributed by atoms with Crippen LogP contribution in [0.1, 0.15) is 12.8 Å². The fraction of sp³-hybridized carbons (Fsp3) is 0.294. The molecule has 0 bridgehead atoms. The summed E-state index contributed by atoms with van der Waals surface area (Å²) in [5.41, 5.74) is 0.684. The maximum atomic E-state index is 12.5. The molecule has 1 N–H and O–H groups in total. The van der Waals surface area contributed by atoms with Gasteiger partial charge >= 0.3 is 5.97 Å². The Labute approximate surface area is 155 Å². The lowest BCUT2D eigenvalue weighted by Gasteiger charge is -2.26. The molecule has 128 valence electrons. The van der Waals surface area contributed by atoms with Crippen molar-refractivity contribution in [2.24, 2.45) is 11.8 Å². The molecule has 1 aromatic rings. The van der Waals surface area contributed by atoms with Crippen LogP contribution in [0.3, 0.4) is 0 Å². The number of allylic oxidation sites excluding steroid dienone is 2. The molecule has 2 rings (SSSR count). The van der Waals surface area contributed by atoms with Crippen LogP contribution in [-0.2, 0) is 14.3 Å². The van der Waals surface area contributed by atoms with Crippen molar-refractivity contribution in [2.75, 3.05) is 11.9 Å². The molecule has 1 aliphatic carbocycles. The summed E-state index contributed by atoms with van der Waals surface area (Å²) in [6.45, 7) is -0.212. The average molecular weight is 389 g/mol. The highest BCUT2D eigenvalue weighted by Crippen LogP contribution is 2.29. The predicted octanol–water partition coefficient (Wildman–Crippen LogP) is 4.64. The SMILES string of the molecule is O=C(Nc1ccccc1)[C@@H]1CC=CC[C@H]1C(=O)OCC(Cl)=C(Cl)Cl. The van der Waals surface area contributed by atoms with Gasteiger partial charge in [-0.3, -0.25) is 9.59 Å². The molecule has 0 spiro atoms. The molecular weight excluding hydrogens is 373 g/mol. The van der Waals surface area contributed by atoms with E-state index in [2.05, 4.69) is 5.32 Å². The molecule has 2 atom stereocenters. The lowest BCUT2D eigenvalue weighted by molar-refractivity contribution is -0.151. The van der Waals surface area contributed by atoms with Gasteiger partial charge in [-0.2, -0.15) is 0 Å². The molecule has 0 aliphatic heterocycles. The van der Waals surface area contributed by atoms with Crippen LogP contribution in [0.15, 0.2) is 52.0 Å². The van der Waals surface area contributed by atoms with Gasteiger partial charge in [0.15, 0.2) is 0 Å². The standard InChI is InChI=1S/C17H16Cl3NO3/c18-14(15(19)20)10-24-17(23)13-9-5-4-8-12(13)16(22)21-11-6-2-1-3-7-11/h1-7,12-13H,8-10H2,(H,21,22)/t12-,13-/m1/s1. The smallest absolute Gasteiger partial charge is 0.310 e. The minimum absolute atomic E-state index is 0.0447. The Morgan fingerprint density at radius 3 is 2.29 bits per heavy atom. The van der Waals surface area contributed by atoms with Crippen molar-refractivity contribution in [1.29, 1.82) is 0 Å². The van der Waals surface area contributed by atoms with E-state index < -0.39 is 17.8 Å². The van der Waals surface area contributed by atoms with E-state index in [-0.39, 0.29) is 22.0 Å². The molecule has 4 nitrogen and oxygen atoms in total. The number of hydrogen-bond acceptors (Lipinski definition) is 3. The summed E-state index contributed by atoms with van der Waals surface area (Å²) in [4.78, 5) is 24.8. The molecule has 0 saturated carbocycles. The number of para-hydroxylation sites is 1. The number of ether oxygens (including phenoxy) is 1. The van der Waals surface area contributed by atoms with Crippen LogP contribution in [0.4, 0.5) is 5.69 Å². The van der Waals surface area contributed by atoms with E-state index in [4.69, 9.17) is 39.5 Å². The predicted molar refractivity (Wildman–Crippen MR) is 96.0 cm³/mol. The zero-order chi connectivity index (χ0) is 17.5. The summed E-state index contributed by atoms with van der Waals surface area (Å²) < 4.78 is 4.98. The Hall–Kier alpha value is -1.49. The Morgan fingerprint density at radius 1 is 1.04 bits per heavy atom. The highest BCUT2D eigenvalue weighted by molar-refractivity contribution is 6.59. The van der Waals surface area contributed by atoms with Crippen LogP contribution in [-0.4, -0.2) is 18.5 Å². The molecule has 0 aromatic heterocycles. The summed E-state index contributed by atoms with van der Waals surface area (Å²) in [6.07, 6.45) is 4.66. The number of anilines is 1. The van der Waals surface area contributed by atoms with Gasteiger partial charge in [-0.25, -0.2) is 0 Å². The summed E-state index contributed by atoms with van der Waals surface area (Å²) in [7, 11) is 0. The van der Waals surface area contributed by atoms with Gasteiger partial charge in [0, 0.05) is 5.69 Å². The van der Waals surface area contributed by atoms with Gasteiger partial charge in [0.1, 0.15) is 11.1 Å². The van der Waals surface area contributed by atoms with Crippen LogP contribution in [0.5, 0.6) is 0 Å². The number of nitrogens with one attached hydrogen (secondary N) is 1. The maximum Gasteiger partial charge on any atom is 0.310 e. The zero-order valence-electron chi connectivity index (χ0n) is 12.7. The van der Waals surface area contributed by atoms with E-state index in [1.54, 1.807) is 12.1 Å². The van der Waals surface area contributed by atoms with Crippen LogP contribution in [0.25, 0.3) is 0 Å². The number of esters is 1. The molecule has 7 heteroatoms. The summed E-state index contributed by atoms with van der Waals surface area (Å²) in [5, 5.41) is 2.87. The monoisotopic (exact) mass is 387 g/mol. The Morgan fingerprint density at radius 2 is 1.67 bits per heavy atom. The van der Waals surface area contributed by atoms with Gasteiger partial charge in [-0.05, 0) is 25.0 Å². The highest BCUT2D eigenvalue weighted by Gasteiger charge is 2.35. The van der Waals surface area contributed by atoms with Gasteiger partial charge in [0.05, 0.1) is 16.9 Å². The lowest BCUT2D eigenvalue weighted by Crippen LogP contribution is -2.36. The third-order valence-corrected chi connectivity index (χ3v) is 4.61. The van der Waals surface area contributed by atoms with Crippen molar-refractivity contribution >= 4 is 52.4 Å². The van der Waals surface area contributed by atoms with Crippen LogP contribution >= 0.6 is 34.8 Å². The fourth-order valence-corrected chi connectivity index (χ4v) is 2.58. The molecule has 24 heavy (non-hydrogen) atoms. The second kappa shape index (κ2) is 9.11. The first-order valence-corrected chi connectivity index (χ1v) is 8.49. The molecule has 0 fully saturated rings. The van der Waals surface area contributed by atoms with Gasteiger partial charge in [0.2, 0.25) is 5.91 Å². The molecule has 1 aliphatic rings. The first kappa shape index (κ1) is 18.8. The third-order valence-electron chi connectivity index (χ3n) is 3.66. The molecular formula is C17H16Cl3NO3. The minimum atomic E-state index is -0.572. The fourth-order valence-electron chi connectivity index (χ4n) is 2.42. The first-order chi connectivity index (χ1) is 11.5. The topological polar surface area (TPSA) is 55.4 Å². The normalized spacial score (nSPS) is 19.5. The Bertz CT molecular complexity index is 654. The van der Waals surface area contributed by atoms with Crippen molar-refractivity contribution in [3.05, 3.63) is 52.0 Å². The average Bonchev–Trinajstić information content (AvgIpc) is 2.60. The first-order valence-electron chi connectivity index (χ1n) is 7.36. The lowest BCUT2D eigenvalue weighted by atomic mass is 9.82. The van der Waals surface area contributed by atoms with Crippen molar-refractivity contribution < 1.29 is 14.3 Å². The van der Waals surface area contributed by atoms with Crippen LogP contribution in [0, 0.1) is 11.8 Å². The number of carbonyl (C=O) groups is 2. The van der Waals surface area contributed by atoms with Crippen molar-refractivity contribution in [1.82, 2.24) is 0 Å². The van der Waals surface area contributed by atoms with Crippen molar-refractivity contribution in [3.63, 3.8) is 0 Å². The molecule has 0 heterocycles. The van der Waals surface area contributed by atoms with E-state index >= 15 is 0 Å². The number of amides is 1. The number of benzene rings is 1. The van der Waals surface area contributed by atoms with Crippen molar-refractivity contribution in [2.45, 2.75) is 12.8 Å². The van der Waals surface area contributed by atoms with E-state index in [0.717, 1.165) is 0 Å². The summed E-state index contributed by atoms with van der Waals surface area (Å²) in [5.74, 6) is -1.79. The highest BCUT2D eigenvalue weighted by atomic mass is 35.5. The summed E-state index contributed by atoms with van der Waals surface area (Å²) in [6, 6.07) is 9.09. The molecule has 1 amide bonds. The van der Waals surface area contributed by atoms with Crippen molar-refractivity contribution in [3.8, 4) is 0 Å². The molecule has 0 saturated heterocycles. The second-order valence-corrected chi connectivity index (χ2v) is 6.69. The molecule has 0 unspecified atom stereocenters. The number of hydrogen-bond donors (Lipinski definition) is 1. The van der Waals surface area contributed by atoms with E-state index in [1.807, 2.05) is 30.4 Å². The quantitative estimate of drug-likeness (QED) is 0.591. The molecule has 1 aromatic carbocycles. The number of carbonyl (C=O) groups excluding carboxylic acids is 2. The number of rotatable bonds is 5. The van der Waals surface area contributed by atoms with E-state index in [9.17, 15) is 9.59 Å². The second-order valence-electron chi connectivity index (χ2n) is 5.28. The van der Waals surface area contributed by atoms with Gasteiger partial charge in [-0.1, -0.05) is 65.2 Å². The molecule has 0 radical (unpaired) electrons. The van der Waals surface area contributed by atoms with E-state index in [1.165, 1.54) is 0 Å². The maximum absolute atomic E-state index is 12.5. The summed E-state index contributed by atoms with van der Waals surface area (Å²) >= 11 is 16.8. The van der Waals surface area contributed by atoms with Gasteiger partial charge in [0.25, 0.3) is 0 Å². The third kappa shape index (κ3) is 5.26. The van der Waals surface area contributed by atoms with E-state index in [0.29, 0.717) is 18.5 Å². The Kier molecular flexibility index (Phi) is 7.16. The van der Waals surface area contributed by atoms with Crippen LogP contribution < -0.4 is 5.32 Å². The van der Waals surface area contributed by atoms with Gasteiger partial charge < -0.3 is 10.1 Å². The Balaban J connectivity index is 2.02.